The molecule has 0 spiro atoms. The second-order valence-corrected chi connectivity index (χ2v) is 6.07. The normalized spacial score (nSPS) is 16.1. The SMILES string of the molecule is CC(=O)N1CCCN(CC(=O)NCc2ccccc2OC(F)(F)F)CC1. The molecule has 1 fully saturated rings. The van der Waals surface area contributed by atoms with Crippen molar-refractivity contribution in [3.8, 4) is 5.75 Å². The van der Waals surface area contributed by atoms with Crippen molar-refractivity contribution in [1.82, 2.24) is 15.1 Å². The summed E-state index contributed by atoms with van der Waals surface area (Å²) in [5.74, 6) is -0.604. The number of amides is 2. The maximum atomic E-state index is 12.4. The molecule has 0 radical (unpaired) electrons. The zero-order valence-corrected chi connectivity index (χ0v) is 14.5. The van der Waals surface area contributed by atoms with Gasteiger partial charge in [0.1, 0.15) is 5.75 Å². The van der Waals surface area contributed by atoms with E-state index in [4.69, 9.17) is 0 Å². The van der Waals surface area contributed by atoms with Crippen molar-refractivity contribution < 1.29 is 27.5 Å². The summed E-state index contributed by atoms with van der Waals surface area (Å²) >= 11 is 0. The van der Waals surface area contributed by atoms with Crippen molar-refractivity contribution in [3.63, 3.8) is 0 Å². The van der Waals surface area contributed by atoms with Gasteiger partial charge in [0.2, 0.25) is 11.8 Å². The largest absolute Gasteiger partial charge is 0.573 e. The van der Waals surface area contributed by atoms with Crippen LogP contribution in [0.3, 0.4) is 0 Å². The first-order valence-corrected chi connectivity index (χ1v) is 8.33. The first-order valence-electron chi connectivity index (χ1n) is 8.33. The van der Waals surface area contributed by atoms with Crippen molar-refractivity contribution in [1.29, 1.82) is 0 Å². The van der Waals surface area contributed by atoms with E-state index in [0.717, 1.165) is 6.42 Å². The summed E-state index contributed by atoms with van der Waals surface area (Å²) in [6, 6.07) is 5.69. The highest BCUT2D eigenvalue weighted by Crippen LogP contribution is 2.26. The molecule has 1 heterocycles. The topological polar surface area (TPSA) is 61.9 Å². The van der Waals surface area contributed by atoms with Crippen LogP contribution in [0.15, 0.2) is 24.3 Å². The van der Waals surface area contributed by atoms with Crippen molar-refractivity contribution in [2.24, 2.45) is 0 Å². The number of nitrogens with one attached hydrogen (secondary N) is 1. The Kier molecular flexibility index (Phi) is 6.84. The Labute approximate surface area is 149 Å². The van der Waals surface area contributed by atoms with Crippen molar-refractivity contribution in [2.45, 2.75) is 26.3 Å². The van der Waals surface area contributed by atoms with Gasteiger partial charge in [0.25, 0.3) is 0 Å². The van der Waals surface area contributed by atoms with Gasteiger partial charge < -0.3 is 15.0 Å². The molecule has 1 aliphatic heterocycles. The van der Waals surface area contributed by atoms with Gasteiger partial charge in [-0.3, -0.25) is 14.5 Å². The van der Waals surface area contributed by atoms with E-state index in [-0.39, 0.29) is 36.2 Å². The molecule has 1 saturated heterocycles. The first kappa shape index (κ1) is 20.0. The predicted molar refractivity (Wildman–Crippen MR) is 88.3 cm³/mol. The van der Waals surface area contributed by atoms with Crippen molar-refractivity contribution in [2.75, 3.05) is 32.7 Å². The first-order chi connectivity index (χ1) is 12.2. The Morgan fingerprint density at radius 3 is 2.58 bits per heavy atom. The number of carbonyl (C=O) groups is 2. The summed E-state index contributed by atoms with van der Waals surface area (Å²) in [4.78, 5) is 27.2. The molecule has 0 atom stereocenters. The molecule has 0 unspecified atom stereocenters. The molecule has 26 heavy (non-hydrogen) atoms. The fourth-order valence-electron chi connectivity index (χ4n) is 2.77. The average Bonchev–Trinajstić information content (AvgIpc) is 2.78. The van der Waals surface area contributed by atoms with Gasteiger partial charge in [0, 0.05) is 45.2 Å². The number of rotatable bonds is 5. The van der Waals surface area contributed by atoms with Crippen LogP contribution in [0, 0.1) is 0 Å². The summed E-state index contributed by atoms with van der Waals surface area (Å²) in [7, 11) is 0. The Morgan fingerprint density at radius 2 is 1.88 bits per heavy atom. The zero-order chi connectivity index (χ0) is 19.2. The maximum absolute atomic E-state index is 12.4. The Bertz CT molecular complexity index is 637. The Morgan fingerprint density at radius 1 is 1.15 bits per heavy atom. The van der Waals surface area contributed by atoms with Gasteiger partial charge in [-0.25, -0.2) is 0 Å². The lowest BCUT2D eigenvalue weighted by atomic mass is 10.2. The standard InChI is InChI=1S/C17H22F3N3O3/c1-13(24)23-8-4-7-22(9-10-23)12-16(25)21-11-14-5-2-3-6-15(14)26-17(18,19)20/h2-3,5-6H,4,7-12H2,1H3,(H,21,25). The van der Waals surface area contributed by atoms with E-state index in [1.807, 2.05) is 4.90 Å². The lowest BCUT2D eigenvalue weighted by Gasteiger charge is -2.20. The van der Waals surface area contributed by atoms with Crippen LogP contribution in [0.2, 0.25) is 0 Å². The summed E-state index contributed by atoms with van der Waals surface area (Å²) in [6.07, 6.45) is -4.01. The summed E-state index contributed by atoms with van der Waals surface area (Å²) in [6.45, 7) is 4.08. The molecular weight excluding hydrogens is 351 g/mol. The molecule has 2 rings (SSSR count). The van der Waals surface area contributed by atoms with Crippen LogP contribution in [0.4, 0.5) is 13.2 Å². The number of hydrogen-bond donors (Lipinski definition) is 1. The van der Waals surface area contributed by atoms with Crippen LogP contribution in [-0.4, -0.2) is 60.7 Å². The number of carbonyl (C=O) groups excluding carboxylic acids is 2. The molecule has 1 aromatic carbocycles. The average molecular weight is 373 g/mol. The number of benzene rings is 1. The van der Waals surface area contributed by atoms with E-state index >= 15 is 0 Å². The summed E-state index contributed by atoms with van der Waals surface area (Å²) < 4.78 is 41.2. The minimum absolute atomic E-state index is 0.0116. The number of halogens is 3. The highest BCUT2D eigenvalue weighted by Gasteiger charge is 2.32. The molecule has 0 bridgehead atoms. The van der Waals surface area contributed by atoms with E-state index in [2.05, 4.69) is 10.1 Å². The maximum Gasteiger partial charge on any atom is 0.573 e. The second kappa shape index (κ2) is 8.88. The number of alkyl halides is 3. The van der Waals surface area contributed by atoms with Crippen LogP contribution in [0.5, 0.6) is 5.75 Å². The van der Waals surface area contributed by atoms with Gasteiger partial charge in [0.05, 0.1) is 6.54 Å². The van der Waals surface area contributed by atoms with Gasteiger partial charge in [-0.2, -0.15) is 0 Å². The highest BCUT2D eigenvalue weighted by molar-refractivity contribution is 5.78. The lowest BCUT2D eigenvalue weighted by molar-refractivity contribution is -0.274. The molecule has 0 aliphatic carbocycles. The van der Waals surface area contributed by atoms with E-state index in [1.54, 1.807) is 11.0 Å². The van der Waals surface area contributed by atoms with Crippen LogP contribution in [0.1, 0.15) is 18.9 Å². The molecule has 144 valence electrons. The highest BCUT2D eigenvalue weighted by atomic mass is 19.4. The molecular formula is C17H22F3N3O3. The number of hydrogen-bond acceptors (Lipinski definition) is 4. The van der Waals surface area contributed by atoms with Gasteiger partial charge in [-0.05, 0) is 12.5 Å². The molecule has 1 N–H and O–H groups in total. The number of nitrogens with zero attached hydrogens (tertiary/aromatic N) is 2. The second-order valence-electron chi connectivity index (χ2n) is 6.07. The Hall–Kier alpha value is -2.29. The van der Waals surface area contributed by atoms with Crippen LogP contribution >= 0.6 is 0 Å². The van der Waals surface area contributed by atoms with E-state index < -0.39 is 6.36 Å². The zero-order valence-electron chi connectivity index (χ0n) is 14.5. The molecule has 0 aromatic heterocycles. The van der Waals surface area contributed by atoms with Gasteiger partial charge in [0.15, 0.2) is 0 Å². The third-order valence-electron chi connectivity index (χ3n) is 4.08. The van der Waals surface area contributed by atoms with Gasteiger partial charge >= 0.3 is 6.36 Å². The predicted octanol–water partition coefficient (Wildman–Crippen LogP) is 1.76. The molecule has 6 nitrogen and oxygen atoms in total. The molecule has 1 aromatic rings. The molecule has 1 aliphatic rings. The monoisotopic (exact) mass is 373 g/mol. The van der Waals surface area contributed by atoms with Gasteiger partial charge in [-0.1, -0.05) is 18.2 Å². The third kappa shape index (κ3) is 6.55. The van der Waals surface area contributed by atoms with Crippen molar-refractivity contribution in [3.05, 3.63) is 29.8 Å². The quantitative estimate of drug-likeness (QED) is 0.854. The third-order valence-corrected chi connectivity index (χ3v) is 4.08. The lowest BCUT2D eigenvalue weighted by Crippen LogP contribution is -2.39. The van der Waals surface area contributed by atoms with Gasteiger partial charge in [-0.15, -0.1) is 13.2 Å². The fraction of sp³-hybridized carbons (Fsp3) is 0.529. The van der Waals surface area contributed by atoms with Crippen LogP contribution in [0.25, 0.3) is 0 Å². The van der Waals surface area contributed by atoms with Crippen molar-refractivity contribution >= 4 is 11.8 Å². The van der Waals surface area contributed by atoms with Crippen LogP contribution < -0.4 is 10.1 Å². The smallest absolute Gasteiger partial charge is 0.405 e. The number of para-hydroxylation sites is 1. The Balaban J connectivity index is 1.85. The minimum Gasteiger partial charge on any atom is -0.405 e. The fourth-order valence-corrected chi connectivity index (χ4v) is 2.77. The summed E-state index contributed by atoms with van der Waals surface area (Å²) in [5, 5.41) is 2.62. The molecule has 9 heteroatoms. The molecule has 0 saturated carbocycles. The van der Waals surface area contributed by atoms with E-state index in [9.17, 15) is 22.8 Å². The van der Waals surface area contributed by atoms with E-state index in [0.29, 0.717) is 26.2 Å². The summed E-state index contributed by atoms with van der Waals surface area (Å²) in [5.41, 5.74) is 0.247. The van der Waals surface area contributed by atoms with Crippen LogP contribution in [-0.2, 0) is 16.1 Å². The molecule has 2 amide bonds. The van der Waals surface area contributed by atoms with E-state index in [1.165, 1.54) is 25.1 Å². The number of ether oxygens (including phenoxy) is 1. The minimum atomic E-state index is -4.78.